The molecule has 2 aromatic carbocycles. The van der Waals surface area contributed by atoms with Gasteiger partial charge in [0.2, 0.25) is 11.8 Å². The number of carbonyl (C=O) groups excluding carboxylic acids is 2. The minimum absolute atomic E-state index is 0.0400. The van der Waals surface area contributed by atoms with E-state index < -0.39 is 30.1 Å². The molecule has 2 aliphatic rings. The van der Waals surface area contributed by atoms with Crippen LogP contribution < -0.4 is 19.5 Å². The van der Waals surface area contributed by atoms with Gasteiger partial charge in [0, 0.05) is 30.6 Å². The Hall–Kier alpha value is -3.60. The molecule has 0 fully saturated rings. The second-order valence-electron chi connectivity index (χ2n) is 10.8. The monoisotopic (exact) mass is 568 g/mol. The minimum atomic E-state index is -1.17. The molecule has 4 N–H and O–H groups in total. The van der Waals surface area contributed by atoms with Crippen LogP contribution >= 0.6 is 0 Å². The van der Waals surface area contributed by atoms with Crippen molar-refractivity contribution in [1.29, 1.82) is 0 Å². The number of fused-ring (bicyclic) bond motifs is 3. The van der Waals surface area contributed by atoms with Crippen molar-refractivity contribution in [3.63, 3.8) is 0 Å². The van der Waals surface area contributed by atoms with Crippen LogP contribution in [0.3, 0.4) is 0 Å². The van der Waals surface area contributed by atoms with Crippen molar-refractivity contribution in [2.24, 2.45) is 5.92 Å². The molecule has 4 atom stereocenters. The van der Waals surface area contributed by atoms with Gasteiger partial charge >= 0.3 is 0 Å². The van der Waals surface area contributed by atoms with Crippen molar-refractivity contribution in [2.75, 3.05) is 33.9 Å². The molecule has 0 saturated heterocycles. The van der Waals surface area contributed by atoms with Crippen molar-refractivity contribution in [3.8, 4) is 17.2 Å². The van der Waals surface area contributed by atoms with E-state index in [1.54, 1.807) is 30.2 Å². The highest BCUT2D eigenvalue weighted by Crippen LogP contribution is 2.51. The van der Waals surface area contributed by atoms with E-state index in [1.807, 2.05) is 38.1 Å². The van der Waals surface area contributed by atoms with E-state index in [1.165, 1.54) is 7.11 Å². The molecular weight excluding hydrogens is 528 g/mol. The van der Waals surface area contributed by atoms with Crippen molar-refractivity contribution >= 4 is 11.8 Å². The van der Waals surface area contributed by atoms with Crippen LogP contribution in [0.4, 0.5) is 0 Å². The Morgan fingerprint density at radius 1 is 1.10 bits per heavy atom. The molecule has 4 rings (SSSR count). The van der Waals surface area contributed by atoms with Crippen LogP contribution in [0.5, 0.6) is 17.2 Å². The smallest absolute Gasteiger partial charge is 0.247 e. The Bertz CT molecular complexity index is 1280. The van der Waals surface area contributed by atoms with Gasteiger partial charge in [-0.2, -0.15) is 0 Å². The van der Waals surface area contributed by atoms with Crippen LogP contribution in [0.25, 0.3) is 0 Å². The Morgan fingerprint density at radius 2 is 1.83 bits per heavy atom. The summed E-state index contributed by atoms with van der Waals surface area (Å²) in [4.78, 5) is 28.7. The summed E-state index contributed by atoms with van der Waals surface area (Å²) < 4.78 is 17.3. The highest BCUT2D eigenvalue weighted by molar-refractivity contribution is 5.96. The van der Waals surface area contributed by atoms with Crippen molar-refractivity contribution < 1.29 is 39.1 Å². The van der Waals surface area contributed by atoms with Gasteiger partial charge in [-0.05, 0) is 47.7 Å². The van der Waals surface area contributed by atoms with Gasteiger partial charge in [-0.15, -0.1) is 0 Å². The number of para-hydroxylation sites is 1. The molecule has 1 aliphatic heterocycles. The SMILES string of the molecule is COc1ccccc1CCN(C(=O)CC(C)C)[C@@H]1C=C(C(=O)NCCO)[C@@H]2c3cc(CO)cc(OC)c3O[C@@H]2[C@H]1O. The summed E-state index contributed by atoms with van der Waals surface area (Å²) in [6.07, 6.45) is 0.323. The predicted octanol–water partition coefficient (Wildman–Crippen LogP) is 1.94. The Balaban J connectivity index is 1.78. The third-order valence-corrected chi connectivity index (χ3v) is 7.57. The first-order valence-corrected chi connectivity index (χ1v) is 13.9. The lowest BCUT2D eigenvalue weighted by Crippen LogP contribution is -2.56. The van der Waals surface area contributed by atoms with E-state index in [2.05, 4.69) is 5.32 Å². The van der Waals surface area contributed by atoms with E-state index in [4.69, 9.17) is 14.2 Å². The highest BCUT2D eigenvalue weighted by Gasteiger charge is 2.51. The maximum atomic E-state index is 13.6. The fraction of sp³-hybridized carbons (Fsp3) is 0.484. The topological polar surface area (TPSA) is 138 Å². The standard InChI is InChI=1S/C31H40N2O8/c1-18(2)13-26(36)33(11-9-20-7-5-6-8-24(20)39-3)23-16-22(31(38)32-10-12-34)27-21-14-19(17-35)15-25(40-4)29(21)41-30(27)28(23)37/h5-8,14-16,18,23,27-28,30,34-35,37H,9-13,17H2,1-4H3,(H,32,38)/t23-,27+,28+,30+/m1/s1. The number of nitrogens with zero attached hydrogens (tertiary/aromatic N) is 1. The number of amides is 2. The number of hydrogen-bond donors (Lipinski definition) is 4. The number of aliphatic hydroxyl groups excluding tert-OH is 3. The van der Waals surface area contributed by atoms with Crippen LogP contribution in [-0.2, 0) is 22.6 Å². The van der Waals surface area contributed by atoms with Gasteiger partial charge in [-0.1, -0.05) is 32.0 Å². The summed E-state index contributed by atoms with van der Waals surface area (Å²) in [6, 6.07) is 10.1. The fourth-order valence-electron chi connectivity index (χ4n) is 5.68. The van der Waals surface area contributed by atoms with Crippen LogP contribution in [0.15, 0.2) is 48.0 Å². The van der Waals surface area contributed by atoms with Gasteiger partial charge in [0.25, 0.3) is 0 Å². The number of benzene rings is 2. The number of aliphatic hydroxyl groups is 3. The van der Waals surface area contributed by atoms with Crippen LogP contribution in [0.2, 0.25) is 0 Å². The predicted molar refractivity (Wildman–Crippen MR) is 152 cm³/mol. The van der Waals surface area contributed by atoms with Crippen LogP contribution in [0.1, 0.15) is 42.9 Å². The number of rotatable bonds is 12. The second-order valence-corrected chi connectivity index (χ2v) is 10.8. The molecule has 0 saturated carbocycles. The number of nitrogens with one attached hydrogen (secondary N) is 1. The molecular formula is C31H40N2O8. The molecule has 0 spiro atoms. The summed E-state index contributed by atoms with van der Waals surface area (Å²) in [6.45, 7) is 3.73. The van der Waals surface area contributed by atoms with Crippen LogP contribution in [0, 0.1) is 5.92 Å². The largest absolute Gasteiger partial charge is 0.496 e. The molecule has 10 nitrogen and oxygen atoms in total. The Kier molecular flexibility index (Phi) is 9.90. The number of carbonyl (C=O) groups is 2. The van der Waals surface area contributed by atoms with Crippen LogP contribution in [-0.4, -0.2) is 84.2 Å². The summed E-state index contributed by atoms with van der Waals surface area (Å²) in [5, 5.41) is 33.7. The minimum Gasteiger partial charge on any atom is -0.496 e. The molecule has 10 heteroatoms. The summed E-state index contributed by atoms with van der Waals surface area (Å²) in [5.41, 5.74) is 2.41. The lowest BCUT2D eigenvalue weighted by molar-refractivity contribution is -0.137. The van der Waals surface area contributed by atoms with Gasteiger partial charge < -0.3 is 39.7 Å². The number of methoxy groups -OCH3 is 2. The van der Waals surface area contributed by atoms with Crippen molar-refractivity contribution in [2.45, 2.75) is 57.5 Å². The molecule has 0 aromatic heterocycles. The quantitative estimate of drug-likeness (QED) is 0.305. The number of ether oxygens (including phenoxy) is 3. The molecule has 1 heterocycles. The third kappa shape index (κ3) is 6.34. The van der Waals surface area contributed by atoms with E-state index >= 15 is 0 Å². The van der Waals surface area contributed by atoms with Gasteiger partial charge in [-0.25, -0.2) is 0 Å². The first-order valence-electron chi connectivity index (χ1n) is 13.9. The zero-order valence-electron chi connectivity index (χ0n) is 24.0. The zero-order chi connectivity index (χ0) is 29.7. The molecule has 2 aromatic rings. The first kappa shape index (κ1) is 30.4. The zero-order valence-corrected chi connectivity index (χ0v) is 24.0. The molecule has 0 bridgehead atoms. The van der Waals surface area contributed by atoms with E-state index in [9.17, 15) is 24.9 Å². The van der Waals surface area contributed by atoms with Gasteiger partial charge in [0.05, 0.1) is 39.4 Å². The molecule has 0 unspecified atom stereocenters. The molecule has 1 aliphatic carbocycles. The van der Waals surface area contributed by atoms with E-state index in [0.29, 0.717) is 40.4 Å². The molecule has 2 amide bonds. The summed E-state index contributed by atoms with van der Waals surface area (Å²) in [5.74, 6) is 0.282. The maximum absolute atomic E-state index is 13.6. The van der Waals surface area contributed by atoms with Gasteiger partial charge in [0.15, 0.2) is 11.5 Å². The fourth-order valence-corrected chi connectivity index (χ4v) is 5.68. The first-order chi connectivity index (χ1) is 19.7. The van der Waals surface area contributed by atoms with Gasteiger partial charge in [-0.3, -0.25) is 9.59 Å². The third-order valence-electron chi connectivity index (χ3n) is 7.57. The van der Waals surface area contributed by atoms with Gasteiger partial charge in [0.1, 0.15) is 18.0 Å². The lowest BCUT2D eigenvalue weighted by atomic mass is 9.77. The maximum Gasteiger partial charge on any atom is 0.247 e. The van der Waals surface area contributed by atoms with Crippen molar-refractivity contribution in [1.82, 2.24) is 10.2 Å². The molecule has 222 valence electrons. The normalized spacial score (nSPS) is 20.9. The van der Waals surface area contributed by atoms with E-state index in [-0.39, 0.29) is 44.5 Å². The summed E-state index contributed by atoms with van der Waals surface area (Å²) in [7, 11) is 3.08. The lowest BCUT2D eigenvalue weighted by Gasteiger charge is -2.41. The summed E-state index contributed by atoms with van der Waals surface area (Å²) >= 11 is 0. The Morgan fingerprint density at radius 3 is 2.49 bits per heavy atom. The van der Waals surface area contributed by atoms with E-state index in [0.717, 1.165) is 5.56 Å². The Labute approximate surface area is 240 Å². The van der Waals surface area contributed by atoms with Crippen molar-refractivity contribution in [3.05, 3.63) is 64.7 Å². The second kappa shape index (κ2) is 13.4. The average molecular weight is 569 g/mol. The molecule has 0 radical (unpaired) electrons. The highest BCUT2D eigenvalue weighted by atomic mass is 16.5. The average Bonchev–Trinajstić information content (AvgIpc) is 3.36. The molecule has 41 heavy (non-hydrogen) atoms. The number of hydrogen-bond acceptors (Lipinski definition) is 8.